The molecule has 1 fully saturated rings. The fraction of sp³-hybridized carbons (Fsp3) is 0.500. The maximum absolute atomic E-state index is 12.0. The van der Waals surface area contributed by atoms with E-state index in [1.165, 1.54) is 18.2 Å². The van der Waals surface area contributed by atoms with E-state index in [0.717, 1.165) is 32.7 Å². The summed E-state index contributed by atoms with van der Waals surface area (Å²) >= 11 is 5.73. The number of amides is 1. The number of carbonyl (C=O) groups excluding carboxylic acids is 1. The van der Waals surface area contributed by atoms with E-state index in [1.54, 1.807) is 0 Å². The van der Waals surface area contributed by atoms with Crippen LogP contribution in [0.2, 0.25) is 5.02 Å². The fourth-order valence-electron chi connectivity index (χ4n) is 2.29. The second-order valence-corrected chi connectivity index (χ2v) is 5.73. The quantitative estimate of drug-likeness (QED) is 0.650. The van der Waals surface area contributed by atoms with Crippen molar-refractivity contribution < 1.29 is 9.72 Å². The standard InChI is InChI=1S/C14H19ClN4O3/c1-17-6-8-18(9-7-17)5-4-16-14(20)11-2-3-12(15)13(10-11)19(21)22/h2-3,10H,4-9H2,1H3,(H,16,20). The van der Waals surface area contributed by atoms with Crippen molar-refractivity contribution in [1.82, 2.24) is 15.1 Å². The van der Waals surface area contributed by atoms with Gasteiger partial charge >= 0.3 is 0 Å². The van der Waals surface area contributed by atoms with Crippen LogP contribution in [0.25, 0.3) is 0 Å². The molecule has 0 saturated carbocycles. The highest BCUT2D eigenvalue weighted by atomic mass is 35.5. The Bertz CT molecular complexity index is 559. The van der Waals surface area contributed by atoms with Crippen LogP contribution < -0.4 is 5.32 Å². The van der Waals surface area contributed by atoms with Gasteiger partial charge in [-0.1, -0.05) is 11.6 Å². The Kier molecular flexibility index (Phi) is 5.70. The highest BCUT2D eigenvalue weighted by Crippen LogP contribution is 2.24. The predicted molar refractivity (Wildman–Crippen MR) is 84.4 cm³/mol. The summed E-state index contributed by atoms with van der Waals surface area (Å²) in [7, 11) is 2.09. The summed E-state index contributed by atoms with van der Waals surface area (Å²) in [4.78, 5) is 26.8. The molecule has 1 saturated heterocycles. The average Bonchev–Trinajstić information content (AvgIpc) is 2.49. The number of nitrogens with one attached hydrogen (secondary N) is 1. The van der Waals surface area contributed by atoms with Crippen LogP contribution in [0.4, 0.5) is 5.69 Å². The van der Waals surface area contributed by atoms with Crippen molar-refractivity contribution in [2.75, 3.05) is 46.3 Å². The Balaban J connectivity index is 1.85. The van der Waals surface area contributed by atoms with Crippen LogP contribution in [0, 0.1) is 10.1 Å². The van der Waals surface area contributed by atoms with Gasteiger partial charge < -0.3 is 10.2 Å². The van der Waals surface area contributed by atoms with Crippen LogP contribution in [0.5, 0.6) is 0 Å². The Morgan fingerprint density at radius 2 is 2.05 bits per heavy atom. The van der Waals surface area contributed by atoms with Crippen LogP contribution in [-0.2, 0) is 0 Å². The van der Waals surface area contributed by atoms with Crippen molar-refractivity contribution in [3.8, 4) is 0 Å². The van der Waals surface area contributed by atoms with E-state index in [4.69, 9.17) is 11.6 Å². The summed E-state index contributed by atoms with van der Waals surface area (Å²) < 4.78 is 0. The maximum atomic E-state index is 12.0. The average molecular weight is 327 g/mol. The zero-order valence-electron chi connectivity index (χ0n) is 12.4. The summed E-state index contributed by atoms with van der Waals surface area (Å²) in [6.07, 6.45) is 0. The largest absolute Gasteiger partial charge is 0.351 e. The van der Waals surface area contributed by atoms with E-state index in [0.29, 0.717) is 6.54 Å². The highest BCUT2D eigenvalue weighted by molar-refractivity contribution is 6.32. The number of nitro benzene ring substituents is 1. The van der Waals surface area contributed by atoms with Crippen molar-refractivity contribution in [3.05, 3.63) is 38.9 Å². The van der Waals surface area contributed by atoms with Crippen LogP contribution in [0.15, 0.2) is 18.2 Å². The normalized spacial score (nSPS) is 16.5. The molecule has 8 heteroatoms. The molecule has 0 aromatic heterocycles. The van der Waals surface area contributed by atoms with Gasteiger partial charge in [0.2, 0.25) is 0 Å². The topological polar surface area (TPSA) is 78.7 Å². The Hall–Kier alpha value is -1.70. The smallest absolute Gasteiger partial charge is 0.288 e. The van der Waals surface area contributed by atoms with E-state index in [2.05, 4.69) is 22.2 Å². The lowest BCUT2D eigenvalue weighted by atomic mass is 10.2. The molecule has 1 amide bonds. The second-order valence-electron chi connectivity index (χ2n) is 5.32. The van der Waals surface area contributed by atoms with E-state index < -0.39 is 4.92 Å². The molecule has 0 unspecified atom stereocenters. The fourth-order valence-corrected chi connectivity index (χ4v) is 2.48. The molecule has 0 aliphatic carbocycles. The lowest BCUT2D eigenvalue weighted by Gasteiger charge is -2.32. The molecule has 1 heterocycles. The Labute approximate surface area is 134 Å². The first-order valence-corrected chi connectivity index (χ1v) is 7.48. The van der Waals surface area contributed by atoms with Crippen molar-refractivity contribution in [3.63, 3.8) is 0 Å². The minimum absolute atomic E-state index is 0.0268. The van der Waals surface area contributed by atoms with Crippen LogP contribution >= 0.6 is 11.6 Å². The van der Waals surface area contributed by atoms with Crippen LogP contribution in [0.3, 0.4) is 0 Å². The number of benzene rings is 1. The van der Waals surface area contributed by atoms with Gasteiger partial charge in [-0.3, -0.25) is 19.8 Å². The molecule has 1 aliphatic heterocycles. The van der Waals surface area contributed by atoms with Gasteiger partial charge in [0, 0.05) is 50.9 Å². The molecule has 0 bridgehead atoms. The number of rotatable bonds is 5. The Morgan fingerprint density at radius 3 is 2.68 bits per heavy atom. The van der Waals surface area contributed by atoms with Crippen molar-refractivity contribution in [2.45, 2.75) is 0 Å². The zero-order valence-corrected chi connectivity index (χ0v) is 13.2. The second kappa shape index (κ2) is 7.53. The molecule has 1 aromatic rings. The summed E-state index contributed by atoms with van der Waals surface area (Å²) in [5, 5.41) is 13.6. The molecule has 120 valence electrons. The van der Waals surface area contributed by atoms with E-state index in [9.17, 15) is 14.9 Å². The van der Waals surface area contributed by atoms with Crippen LogP contribution in [0.1, 0.15) is 10.4 Å². The van der Waals surface area contributed by atoms with Gasteiger partial charge in [-0.05, 0) is 19.2 Å². The van der Waals surface area contributed by atoms with Gasteiger partial charge in [-0.2, -0.15) is 0 Å². The number of carbonyl (C=O) groups is 1. The number of hydrogen-bond donors (Lipinski definition) is 1. The first kappa shape index (κ1) is 16.7. The van der Waals surface area contributed by atoms with Gasteiger partial charge in [0.25, 0.3) is 11.6 Å². The van der Waals surface area contributed by atoms with Crippen molar-refractivity contribution in [2.24, 2.45) is 0 Å². The molecule has 2 rings (SSSR count). The lowest BCUT2D eigenvalue weighted by Crippen LogP contribution is -2.46. The predicted octanol–water partition coefficient (Wildman–Crippen LogP) is 1.23. The molecule has 1 aromatic carbocycles. The van der Waals surface area contributed by atoms with E-state index in [-0.39, 0.29) is 22.2 Å². The maximum Gasteiger partial charge on any atom is 0.288 e. The summed E-state index contributed by atoms with van der Waals surface area (Å²) in [6.45, 7) is 5.31. The first-order valence-electron chi connectivity index (χ1n) is 7.10. The van der Waals surface area contributed by atoms with Gasteiger partial charge in [0.15, 0.2) is 0 Å². The summed E-state index contributed by atoms with van der Waals surface area (Å²) in [6, 6.07) is 4.06. The zero-order chi connectivity index (χ0) is 16.1. The van der Waals surface area contributed by atoms with Crippen molar-refractivity contribution in [1.29, 1.82) is 0 Å². The number of piperazine rings is 1. The third-order valence-corrected chi connectivity index (χ3v) is 4.03. The third-order valence-electron chi connectivity index (χ3n) is 3.71. The number of nitrogens with zero attached hydrogens (tertiary/aromatic N) is 3. The van der Waals surface area contributed by atoms with E-state index >= 15 is 0 Å². The van der Waals surface area contributed by atoms with Gasteiger partial charge in [-0.15, -0.1) is 0 Å². The summed E-state index contributed by atoms with van der Waals surface area (Å²) in [5.41, 5.74) is -0.0112. The number of likely N-dealkylation sites (N-methyl/N-ethyl adjacent to an activating group) is 1. The highest BCUT2D eigenvalue weighted by Gasteiger charge is 2.17. The summed E-state index contributed by atoms with van der Waals surface area (Å²) in [5.74, 6) is -0.325. The molecular formula is C14H19ClN4O3. The van der Waals surface area contributed by atoms with Gasteiger partial charge in [0.1, 0.15) is 5.02 Å². The molecule has 7 nitrogen and oxygen atoms in total. The monoisotopic (exact) mass is 326 g/mol. The number of halogens is 1. The molecule has 0 radical (unpaired) electrons. The lowest BCUT2D eigenvalue weighted by molar-refractivity contribution is -0.384. The first-order chi connectivity index (χ1) is 10.5. The SMILES string of the molecule is CN1CCN(CCNC(=O)c2ccc(Cl)c([N+](=O)[O-])c2)CC1. The van der Waals surface area contributed by atoms with Crippen molar-refractivity contribution >= 4 is 23.2 Å². The number of nitro groups is 1. The van der Waals surface area contributed by atoms with Gasteiger partial charge in [-0.25, -0.2) is 0 Å². The molecular weight excluding hydrogens is 308 g/mol. The minimum atomic E-state index is -0.594. The molecule has 22 heavy (non-hydrogen) atoms. The minimum Gasteiger partial charge on any atom is -0.351 e. The van der Waals surface area contributed by atoms with E-state index in [1.807, 2.05) is 0 Å². The molecule has 1 aliphatic rings. The molecule has 1 N–H and O–H groups in total. The van der Waals surface area contributed by atoms with Crippen LogP contribution in [-0.4, -0.2) is 66.9 Å². The Morgan fingerprint density at radius 1 is 1.36 bits per heavy atom. The third kappa shape index (κ3) is 4.40. The molecule has 0 atom stereocenters. The van der Waals surface area contributed by atoms with Gasteiger partial charge in [0.05, 0.1) is 4.92 Å². The molecule has 0 spiro atoms. The number of hydrogen-bond acceptors (Lipinski definition) is 5.